The fourth-order valence-electron chi connectivity index (χ4n) is 6.15. The summed E-state index contributed by atoms with van der Waals surface area (Å²) in [6.07, 6.45) is 2.51. The first-order valence-electron chi connectivity index (χ1n) is 12.9. The van der Waals surface area contributed by atoms with Crippen LogP contribution >= 0.6 is 11.6 Å². The number of nitrogens with zero attached hydrogens (tertiary/aromatic N) is 2. The Hall–Kier alpha value is -2.93. The lowest BCUT2D eigenvalue weighted by Gasteiger charge is -2.54. The number of nitrogens with one attached hydrogen (secondary N) is 3. The Bertz CT molecular complexity index is 1140. The lowest BCUT2D eigenvalue weighted by atomic mass is 9.71. The summed E-state index contributed by atoms with van der Waals surface area (Å²) in [5, 5.41) is 18.7. The predicted molar refractivity (Wildman–Crippen MR) is 132 cm³/mol. The van der Waals surface area contributed by atoms with Crippen LogP contribution in [0.25, 0.3) is 0 Å². The zero-order chi connectivity index (χ0) is 26.4. The largest absolute Gasteiger partial charge is 0.371 e. The van der Waals surface area contributed by atoms with Gasteiger partial charge in [-0.1, -0.05) is 17.7 Å². The fraction of sp³-hybridized carbons (Fsp3) is 0.615. The molecule has 1 aromatic carbocycles. The van der Waals surface area contributed by atoms with Crippen LogP contribution in [0.4, 0.5) is 14.5 Å². The van der Waals surface area contributed by atoms with Gasteiger partial charge in [-0.3, -0.25) is 14.4 Å². The highest BCUT2D eigenvalue weighted by Gasteiger charge is 2.64. The van der Waals surface area contributed by atoms with Gasteiger partial charge >= 0.3 is 0 Å². The van der Waals surface area contributed by atoms with Crippen LogP contribution in [0, 0.1) is 23.2 Å². The second-order valence-corrected chi connectivity index (χ2v) is 11.2. The number of piperidine rings is 3. The maximum Gasteiger partial charge on any atom is 0.255 e. The van der Waals surface area contributed by atoms with Crippen LogP contribution < -0.4 is 16.0 Å². The van der Waals surface area contributed by atoms with Crippen molar-refractivity contribution in [1.82, 2.24) is 15.5 Å². The molecule has 2 saturated carbocycles. The molecule has 5 atom stereocenters. The molecule has 3 heterocycles. The molecule has 2 aliphatic carbocycles. The third-order valence-electron chi connectivity index (χ3n) is 8.20. The van der Waals surface area contributed by atoms with E-state index in [0.29, 0.717) is 42.9 Å². The number of halogens is 3. The zero-order valence-electron chi connectivity index (χ0n) is 20.3. The Labute approximate surface area is 219 Å². The number of nitriles is 1. The molecule has 2 bridgehead atoms. The number of alkyl halides is 2. The summed E-state index contributed by atoms with van der Waals surface area (Å²) in [5.41, 5.74) is -0.340. The number of carbonyl (C=O) groups is 3. The summed E-state index contributed by atoms with van der Waals surface area (Å²) in [5.74, 6) is -6.17. The molecule has 3 aliphatic heterocycles. The van der Waals surface area contributed by atoms with Crippen molar-refractivity contribution in [3.05, 3.63) is 29.3 Å². The van der Waals surface area contributed by atoms with Crippen molar-refractivity contribution in [1.29, 1.82) is 5.26 Å². The van der Waals surface area contributed by atoms with E-state index in [9.17, 15) is 19.6 Å². The second-order valence-electron chi connectivity index (χ2n) is 10.7. The summed E-state index contributed by atoms with van der Waals surface area (Å²) < 4.78 is 30.1. The molecule has 5 fully saturated rings. The highest BCUT2D eigenvalue weighted by molar-refractivity contribution is 6.30. The van der Waals surface area contributed by atoms with Crippen molar-refractivity contribution in [2.75, 3.05) is 11.9 Å². The van der Waals surface area contributed by atoms with Crippen molar-refractivity contribution in [2.45, 2.75) is 81.0 Å². The SMILES string of the molecule is N#C[C@H](C[C@@H]1CCCNC1=O)NC(=O)[C@H]1[C@H]2CC[C@H](CC2(F)F)N1C(=O)C1(Nc2cccc(Cl)c2)CC1. The van der Waals surface area contributed by atoms with Crippen molar-refractivity contribution in [2.24, 2.45) is 11.8 Å². The van der Waals surface area contributed by atoms with Gasteiger partial charge in [0.2, 0.25) is 17.7 Å². The van der Waals surface area contributed by atoms with Gasteiger partial charge in [0, 0.05) is 35.6 Å². The highest BCUT2D eigenvalue weighted by Crippen LogP contribution is 2.52. The summed E-state index contributed by atoms with van der Waals surface area (Å²) >= 11 is 6.09. The van der Waals surface area contributed by atoms with Gasteiger partial charge in [0.1, 0.15) is 17.6 Å². The van der Waals surface area contributed by atoms with Gasteiger partial charge in [-0.15, -0.1) is 0 Å². The van der Waals surface area contributed by atoms with E-state index in [1.54, 1.807) is 24.3 Å². The molecule has 3 amide bonds. The van der Waals surface area contributed by atoms with E-state index in [4.69, 9.17) is 11.6 Å². The molecule has 0 radical (unpaired) electrons. The first-order valence-corrected chi connectivity index (χ1v) is 13.2. The van der Waals surface area contributed by atoms with Gasteiger partial charge in [0.25, 0.3) is 5.92 Å². The molecular weight excluding hydrogens is 504 g/mol. The van der Waals surface area contributed by atoms with E-state index < -0.39 is 53.8 Å². The van der Waals surface area contributed by atoms with Crippen LogP contribution in [0.3, 0.4) is 0 Å². The smallest absolute Gasteiger partial charge is 0.255 e. The van der Waals surface area contributed by atoms with Crippen molar-refractivity contribution in [3.63, 3.8) is 0 Å². The zero-order valence-corrected chi connectivity index (χ0v) is 21.1. The molecule has 3 saturated heterocycles. The van der Waals surface area contributed by atoms with Crippen molar-refractivity contribution < 1.29 is 23.2 Å². The summed E-state index contributed by atoms with van der Waals surface area (Å²) in [6.45, 7) is 0.571. The minimum absolute atomic E-state index is 0.0967. The quantitative estimate of drug-likeness (QED) is 0.498. The van der Waals surface area contributed by atoms with Crippen LogP contribution in [-0.2, 0) is 14.4 Å². The molecule has 0 aromatic heterocycles. The van der Waals surface area contributed by atoms with E-state index in [2.05, 4.69) is 16.0 Å². The van der Waals surface area contributed by atoms with Gasteiger partial charge in [-0.2, -0.15) is 5.26 Å². The number of fused-ring (bicyclic) bond motifs is 3. The first kappa shape index (κ1) is 25.7. The van der Waals surface area contributed by atoms with Crippen LogP contribution in [0.15, 0.2) is 24.3 Å². The lowest BCUT2D eigenvalue weighted by Crippen LogP contribution is -2.70. The molecule has 6 rings (SSSR count). The molecular formula is C26H30ClF2N5O3. The van der Waals surface area contributed by atoms with Gasteiger partial charge in [-0.05, 0) is 63.1 Å². The third kappa shape index (κ3) is 4.98. The Morgan fingerprint density at radius 1 is 1.27 bits per heavy atom. The number of hydrogen-bond acceptors (Lipinski definition) is 5. The standard InChI is InChI=1S/C26H30ClF2N5O3/c27-16-4-1-5-17(12-16)33-25(8-9-25)24(37)34-19-6-7-20(26(28,29)13-19)21(34)23(36)32-18(14-30)11-15-3-2-10-31-22(15)35/h1,4-5,12,15,18-21,33H,2-3,6-11,13H2,(H,31,35)(H,32,36)/t15-,18-,19+,20+,21+/m0/s1. The van der Waals surface area contributed by atoms with E-state index in [1.807, 2.05) is 6.07 Å². The summed E-state index contributed by atoms with van der Waals surface area (Å²) in [4.78, 5) is 40.9. The predicted octanol–water partition coefficient (Wildman–Crippen LogP) is 3.22. The molecule has 198 valence electrons. The van der Waals surface area contributed by atoms with E-state index in [-0.39, 0.29) is 24.7 Å². The third-order valence-corrected chi connectivity index (χ3v) is 8.43. The average Bonchev–Trinajstić information content (AvgIpc) is 3.64. The van der Waals surface area contributed by atoms with Gasteiger partial charge < -0.3 is 20.9 Å². The molecule has 8 nitrogen and oxygen atoms in total. The number of rotatable bonds is 7. The van der Waals surface area contributed by atoms with Crippen molar-refractivity contribution >= 4 is 35.0 Å². The van der Waals surface area contributed by atoms with Crippen molar-refractivity contribution in [3.8, 4) is 6.07 Å². The summed E-state index contributed by atoms with van der Waals surface area (Å²) in [7, 11) is 0. The Morgan fingerprint density at radius 2 is 2.05 bits per heavy atom. The van der Waals surface area contributed by atoms with E-state index >= 15 is 8.78 Å². The average molecular weight is 534 g/mol. The second kappa shape index (κ2) is 9.75. The molecule has 0 unspecified atom stereocenters. The number of anilines is 1. The summed E-state index contributed by atoms with van der Waals surface area (Å²) in [6, 6.07) is 5.75. The van der Waals surface area contributed by atoms with Crippen LogP contribution in [-0.4, -0.2) is 58.8 Å². The monoisotopic (exact) mass is 533 g/mol. The molecule has 1 aromatic rings. The minimum atomic E-state index is -3.09. The molecule has 11 heteroatoms. The number of amides is 3. The number of benzene rings is 1. The Balaban J connectivity index is 1.37. The van der Waals surface area contributed by atoms with Gasteiger partial charge in [-0.25, -0.2) is 8.78 Å². The van der Waals surface area contributed by atoms with E-state index in [1.165, 1.54) is 4.90 Å². The topological polar surface area (TPSA) is 114 Å². The Kier molecular flexibility index (Phi) is 6.77. The number of carbonyl (C=O) groups excluding carboxylic acids is 3. The first-order chi connectivity index (χ1) is 17.6. The normalized spacial score (nSPS) is 30.0. The van der Waals surface area contributed by atoms with Gasteiger partial charge in [0.15, 0.2) is 0 Å². The molecule has 3 N–H and O–H groups in total. The minimum Gasteiger partial charge on any atom is -0.371 e. The number of hydrogen-bond donors (Lipinski definition) is 3. The van der Waals surface area contributed by atoms with Gasteiger partial charge in [0.05, 0.1) is 12.0 Å². The van der Waals surface area contributed by atoms with Crippen LogP contribution in [0.5, 0.6) is 0 Å². The van der Waals surface area contributed by atoms with Crippen LogP contribution in [0.1, 0.15) is 51.4 Å². The lowest BCUT2D eigenvalue weighted by molar-refractivity contribution is -0.195. The van der Waals surface area contributed by atoms with Crippen LogP contribution in [0.2, 0.25) is 5.02 Å². The molecule has 37 heavy (non-hydrogen) atoms. The molecule has 5 aliphatic rings. The fourth-order valence-corrected chi connectivity index (χ4v) is 6.34. The highest BCUT2D eigenvalue weighted by atomic mass is 35.5. The Morgan fingerprint density at radius 3 is 2.70 bits per heavy atom. The maximum atomic E-state index is 15.0. The molecule has 0 spiro atoms. The van der Waals surface area contributed by atoms with E-state index in [0.717, 1.165) is 6.42 Å². The maximum absolute atomic E-state index is 15.0.